The zero-order valence-electron chi connectivity index (χ0n) is 11.8. The molecule has 1 aromatic rings. The zero-order chi connectivity index (χ0) is 13.9. The van der Waals surface area contributed by atoms with E-state index in [1.807, 2.05) is 6.92 Å². The topological polar surface area (TPSA) is 30.5 Å². The summed E-state index contributed by atoms with van der Waals surface area (Å²) in [5.74, 6) is 0.347. The molecule has 3 nitrogen and oxygen atoms in total. The molecule has 1 unspecified atom stereocenters. The Morgan fingerprint density at radius 3 is 2.63 bits per heavy atom. The van der Waals surface area contributed by atoms with Gasteiger partial charge in [-0.05, 0) is 38.3 Å². The Labute approximate surface area is 114 Å². The van der Waals surface area contributed by atoms with Gasteiger partial charge in [0, 0.05) is 25.3 Å². The van der Waals surface area contributed by atoms with E-state index < -0.39 is 0 Å². The van der Waals surface area contributed by atoms with Gasteiger partial charge in [-0.2, -0.15) is 0 Å². The van der Waals surface area contributed by atoms with Crippen molar-refractivity contribution in [3.63, 3.8) is 0 Å². The van der Waals surface area contributed by atoms with Crippen molar-refractivity contribution in [2.24, 2.45) is 0 Å². The van der Waals surface area contributed by atoms with E-state index in [4.69, 9.17) is 9.47 Å². The number of nitrogens with one attached hydrogen (secondary N) is 1. The minimum atomic E-state index is -0.237. The Hall–Kier alpha value is -1.13. The molecule has 1 aliphatic rings. The first kappa shape index (κ1) is 14.3. The van der Waals surface area contributed by atoms with Gasteiger partial charge in [0.05, 0.1) is 12.7 Å². The van der Waals surface area contributed by atoms with Crippen molar-refractivity contribution >= 4 is 0 Å². The first-order valence-corrected chi connectivity index (χ1v) is 6.73. The highest BCUT2D eigenvalue weighted by Gasteiger charge is 2.37. The summed E-state index contributed by atoms with van der Waals surface area (Å²) in [4.78, 5) is 0. The molecule has 1 N–H and O–H groups in total. The normalized spacial score (nSPS) is 18.7. The highest BCUT2D eigenvalue weighted by Crippen LogP contribution is 2.35. The molecule has 0 aromatic heterocycles. The predicted molar refractivity (Wildman–Crippen MR) is 73.0 cm³/mol. The van der Waals surface area contributed by atoms with Gasteiger partial charge in [-0.1, -0.05) is 6.07 Å². The van der Waals surface area contributed by atoms with Gasteiger partial charge >= 0.3 is 0 Å². The summed E-state index contributed by atoms with van der Waals surface area (Å²) >= 11 is 0. The third-order valence-electron chi connectivity index (χ3n) is 4.09. The summed E-state index contributed by atoms with van der Waals surface area (Å²) in [7, 11) is 3.31. The lowest BCUT2D eigenvalue weighted by Crippen LogP contribution is -2.48. The number of hydrogen-bond acceptors (Lipinski definition) is 3. The quantitative estimate of drug-likeness (QED) is 0.859. The molecule has 1 aliphatic carbocycles. The van der Waals surface area contributed by atoms with Crippen LogP contribution >= 0.6 is 0 Å². The zero-order valence-corrected chi connectivity index (χ0v) is 11.8. The van der Waals surface area contributed by atoms with Crippen molar-refractivity contribution in [2.75, 3.05) is 20.8 Å². The van der Waals surface area contributed by atoms with Crippen LogP contribution in [0.3, 0.4) is 0 Å². The molecule has 2 rings (SSSR count). The molecule has 0 heterocycles. The van der Waals surface area contributed by atoms with Crippen LogP contribution in [-0.4, -0.2) is 26.4 Å². The summed E-state index contributed by atoms with van der Waals surface area (Å²) in [6.07, 6.45) is 3.34. The van der Waals surface area contributed by atoms with Crippen LogP contribution < -0.4 is 10.1 Å². The summed E-state index contributed by atoms with van der Waals surface area (Å²) in [6, 6.07) is 4.80. The fourth-order valence-corrected chi connectivity index (χ4v) is 2.58. The Balaban J connectivity index is 2.05. The minimum Gasteiger partial charge on any atom is -0.496 e. The lowest BCUT2D eigenvalue weighted by Gasteiger charge is -2.41. The van der Waals surface area contributed by atoms with E-state index in [2.05, 4.69) is 5.32 Å². The smallest absolute Gasteiger partial charge is 0.131 e. The van der Waals surface area contributed by atoms with Crippen molar-refractivity contribution in [3.05, 3.63) is 29.6 Å². The number of ether oxygens (including phenoxy) is 2. The molecule has 0 amide bonds. The van der Waals surface area contributed by atoms with Crippen molar-refractivity contribution in [1.82, 2.24) is 5.32 Å². The van der Waals surface area contributed by atoms with Crippen LogP contribution in [-0.2, 0) is 4.74 Å². The third-order valence-corrected chi connectivity index (χ3v) is 4.09. The third kappa shape index (κ3) is 2.90. The van der Waals surface area contributed by atoms with E-state index in [1.165, 1.54) is 12.5 Å². The van der Waals surface area contributed by atoms with Gasteiger partial charge in [0.2, 0.25) is 0 Å². The molecular formula is C15H22FNO2. The van der Waals surface area contributed by atoms with Gasteiger partial charge in [0.15, 0.2) is 0 Å². The highest BCUT2D eigenvalue weighted by molar-refractivity contribution is 5.36. The molecule has 0 bridgehead atoms. The highest BCUT2D eigenvalue weighted by atomic mass is 19.1. The second kappa shape index (κ2) is 5.88. The Morgan fingerprint density at radius 1 is 1.37 bits per heavy atom. The van der Waals surface area contributed by atoms with Crippen LogP contribution in [0.1, 0.15) is 37.8 Å². The molecule has 1 aromatic carbocycles. The Morgan fingerprint density at radius 2 is 2.11 bits per heavy atom. The Bertz CT molecular complexity index is 427. The van der Waals surface area contributed by atoms with E-state index in [1.54, 1.807) is 26.4 Å². The van der Waals surface area contributed by atoms with Crippen LogP contribution in [0.25, 0.3) is 0 Å². The molecule has 0 aliphatic heterocycles. The van der Waals surface area contributed by atoms with Crippen molar-refractivity contribution in [2.45, 2.75) is 37.8 Å². The number of benzene rings is 1. The molecule has 19 heavy (non-hydrogen) atoms. The predicted octanol–water partition coefficient (Wildman–Crippen LogP) is 3.05. The molecular weight excluding hydrogens is 245 g/mol. The fourth-order valence-electron chi connectivity index (χ4n) is 2.58. The van der Waals surface area contributed by atoms with E-state index in [0.717, 1.165) is 19.4 Å². The van der Waals surface area contributed by atoms with Gasteiger partial charge in [-0.3, -0.25) is 0 Å². The largest absolute Gasteiger partial charge is 0.496 e. The van der Waals surface area contributed by atoms with Gasteiger partial charge in [0.25, 0.3) is 0 Å². The lowest BCUT2D eigenvalue weighted by atomic mass is 9.79. The maximum Gasteiger partial charge on any atom is 0.131 e. The maximum atomic E-state index is 13.9. The Kier molecular flexibility index (Phi) is 4.42. The number of halogens is 1. The van der Waals surface area contributed by atoms with Crippen LogP contribution in [0, 0.1) is 5.82 Å². The second-order valence-corrected chi connectivity index (χ2v) is 5.20. The summed E-state index contributed by atoms with van der Waals surface area (Å²) < 4.78 is 24.7. The standard InChI is InChI=1S/C15H22FNO2/c1-11(17-10-15(19-3)8-5-9-15)14-12(16)6-4-7-13(14)18-2/h4,6-7,11,17H,5,8-10H2,1-3H3. The van der Waals surface area contributed by atoms with E-state index in [-0.39, 0.29) is 17.5 Å². The monoisotopic (exact) mass is 267 g/mol. The van der Waals surface area contributed by atoms with E-state index in [9.17, 15) is 4.39 Å². The van der Waals surface area contributed by atoms with Gasteiger partial charge < -0.3 is 14.8 Å². The maximum absolute atomic E-state index is 13.9. The molecule has 0 radical (unpaired) electrons. The van der Waals surface area contributed by atoms with Crippen molar-refractivity contribution in [1.29, 1.82) is 0 Å². The molecule has 106 valence electrons. The lowest BCUT2D eigenvalue weighted by molar-refractivity contribution is -0.0707. The number of methoxy groups -OCH3 is 2. The van der Waals surface area contributed by atoms with Crippen molar-refractivity contribution in [3.8, 4) is 5.75 Å². The minimum absolute atomic E-state index is 0.0627. The molecule has 0 spiro atoms. The summed E-state index contributed by atoms with van der Waals surface area (Å²) in [5, 5.41) is 3.36. The first-order valence-electron chi connectivity index (χ1n) is 6.73. The van der Waals surface area contributed by atoms with Gasteiger partial charge in [-0.25, -0.2) is 4.39 Å². The molecule has 1 fully saturated rings. The number of hydrogen-bond donors (Lipinski definition) is 1. The van der Waals surface area contributed by atoms with E-state index in [0.29, 0.717) is 11.3 Å². The number of rotatable bonds is 6. The van der Waals surface area contributed by atoms with Gasteiger partial charge in [-0.15, -0.1) is 0 Å². The van der Waals surface area contributed by atoms with Crippen molar-refractivity contribution < 1.29 is 13.9 Å². The summed E-state index contributed by atoms with van der Waals surface area (Å²) in [5.41, 5.74) is 0.516. The first-order chi connectivity index (χ1) is 9.12. The SMILES string of the molecule is COc1cccc(F)c1C(C)NCC1(OC)CCC1. The van der Waals surface area contributed by atoms with Gasteiger partial charge in [0.1, 0.15) is 11.6 Å². The van der Waals surface area contributed by atoms with Crippen LogP contribution in [0.2, 0.25) is 0 Å². The second-order valence-electron chi connectivity index (χ2n) is 5.20. The van der Waals surface area contributed by atoms with Crippen LogP contribution in [0.15, 0.2) is 18.2 Å². The molecule has 1 atom stereocenters. The summed E-state index contributed by atoms with van der Waals surface area (Å²) in [6.45, 7) is 2.69. The van der Waals surface area contributed by atoms with E-state index >= 15 is 0 Å². The van der Waals surface area contributed by atoms with Crippen LogP contribution in [0.4, 0.5) is 4.39 Å². The molecule has 1 saturated carbocycles. The molecule has 0 saturated heterocycles. The fraction of sp³-hybridized carbons (Fsp3) is 0.600. The molecule has 4 heteroatoms. The average molecular weight is 267 g/mol. The average Bonchev–Trinajstić information content (AvgIpc) is 2.37. The van der Waals surface area contributed by atoms with Crippen LogP contribution in [0.5, 0.6) is 5.75 Å².